The molecule has 5 heteroatoms. The molecule has 1 fully saturated rings. The van der Waals surface area contributed by atoms with Crippen molar-refractivity contribution in [1.29, 1.82) is 0 Å². The molecule has 3 heterocycles. The third-order valence-corrected chi connectivity index (χ3v) is 6.23. The molecule has 3 aromatic rings. The van der Waals surface area contributed by atoms with Crippen molar-refractivity contribution in [3.8, 4) is 11.4 Å². The lowest BCUT2D eigenvalue weighted by molar-refractivity contribution is -0.131. The minimum atomic E-state index is 0.0969. The topological polar surface area (TPSA) is 47.4 Å². The van der Waals surface area contributed by atoms with E-state index in [1.165, 1.54) is 5.56 Å². The molecule has 0 N–H and O–H groups in total. The van der Waals surface area contributed by atoms with Crippen LogP contribution in [0.1, 0.15) is 35.2 Å². The molecular formula is C26H27N3O2. The number of amides is 1. The van der Waals surface area contributed by atoms with Crippen LogP contribution in [0, 0.1) is 13.8 Å². The highest BCUT2D eigenvalue weighted by Gasteiger charge is 2.32. The molecule has 1 aromatic heterocycles. The lowest BCUT2D eigenvalue weighted by Crippen LogP contribution is -2.49. The molecule has 0 spiro atoms. The second-order valence-corrected chi connectivity index (χ2v) is 8.52. The highest BCUT2D eigenvalue weighted by atomic mass is 16.5. The van der Waals surface area contributed by atoms with Crippen molar-refractivity contribution in [2.24, 2.45) is 0 Å². The predicted molar refractivity (Wildman–Crippen MR) is 121 cm³/mol. The Morgan fingerprint density at radius 3 is 2.84 bits per heavy atom. The first-order valence-electron chi connectivity index (χ1n) is 10.9. The van der Waals surface area contributed by atoms with Crippen LogP contribution in [-0.2, 0) is 11.2 Å². The van der Waals surface area contributed by atoms with Gasteiger partial charge in [0.2, 0.25) is 5.91 Å². The lowest BCUT2D eigenvalue weighted by atomic mass is 9.95. The number of likely N-dealkylation sites (tertiary alicyclic amines) is 1. The Morgan fingerprint density at radius 2 is 2.03 bits per heavy atom. The van der Waals surface area contributed by atoms with Crippen molar-refractivity contribution >= 4 is 12.0 Å². The second-order valence-electron chi connectivity index (χ2n) is 8.52. The number of nitrogens with zero attached hydrogens (tertiary/aromatic N) is 3. The van der Waals surface area contributed by atoms with Crippen molar-refractivity contribution in [2.75, 3.05) is 13.2 Å². The third-order valence-electron chi connectivity index (χ3n) is 6.23. The average Bonchev–Trinajstić information content (AvgIpc) is 3.21. The number of hydrogen-bond donors (Lipinski definition) is 0. The van der Waals surface area contributed by atoms with E-state index in [-0.39, 0.29) is 11.9 Å². The Morgan fingerprint density at radius 1 is 1.16 bits per heavy atom. The van der Waals surface area contributed by atoms with Gasteiger partial charge in [0.05, 0.1) is 18.1 Å². The van der Waals surface area contributed by atoms with Gasteiger partial charge in [-0.05, 0) is 74.1 Å². The zero-order valence-corrected chi connectivity index (χ0v) is 18.0. The molecule has 5 rings (SSSR count). The summed E-state index contributed by atoms with van der Waals surface area (Å²) in [4.78, 5) is 19.6. The molecule has 2 aromatic carbocycles. The number of aromatic nitrogens is 2. The molecule has 2 aliphatic heterocycles. The highest BCUT2D eigenvalue weighted by molar-refractivity contribution is 5.98. The number of fused-ring (bicyclic) bond motifs is 1. The fourth-order valence-corrected chi connectivity index (χ4v) is 4.64. The van der Waals surface area contributed by atoms with Crippen LogP contribution in [0.5, 0.6) is 5.75 Å². The largest absolute Gasteiger partial charge is 0.491 e. The Labute approximate surface area is 183 Å². The van der Waals surface area contributed by atoms with Gasteiger partial charge in [-0.2, -0.15) is 0 Å². The first-order valence-corrected chi connectivity index (χ1v) is 10.9. The number of imidazole rings is 1. The summed E-state index contributed by atoms with van der Waals surface area (Å²) in [6, 6.07) is 14.5. The summed E-state index contributed by atoms with van der Waals surface area (Å²) in [6.45, 7) is 5.44. The first kappa shape index (κ1) is 19.6. The van der Waals surface area contributed by atoms with Gasteiger partial charge in [-0.15, -0.1) is 0 Å². The first-order chi connectivity index (χ1) is 15.1. The summed E-state index contributed by atoms with van der Waals surface area (Å²) in [5.74, 6) is 1.09. The van der Waals surface area contributed by atoms with Gasteiger partial charge in [-0.1, -0.05) is 24.3 Å². The molecule has 0 bridgehead atoms. The third kappa shape index (κ3) is 3.88. The van der Waals surface area contributed by atoms with Crippen LogP contribution in [-0.4, -0.2) is 39.6 Å². The van der Waals surface area contributed by atoms with Gasteiger partial charge in [-0.3, -0.25) is 4.79 Å². The average molecular weight is 414 g/mol. The van der Waals surface area contributed by atoms with E-state index in [1.807, 2.05) is 47.1 Å². The predicted octanol–water partition coefficient (Wildman–Crippen LogP) is 4.50. The summed E-state index contributed by atoms with van der Waals surface area (Å²) in [5.41, 5.74) is 6.39. The molecule has 0 unspecified atom stereocenters. The highest BCUT2D eigenvalue weighted by Crippen LogP contribution is 2.30. The maximum atomic E-state index is 13.3. The van der Waals surface area contributed by atoms with Crippen molar-refractivity contribution in [2.45, 2.75) is 39.2 Å². The summed E-state index contributed by atoms with van der Waals surface area (Å²) in [7, 11) is 0. The van der Waals surface area contributed by atoms with Crippen molar-refractivity contribution in [3.63, 3.8) is 0 Å². The second kappa shape index (κ2) is 8.06. The number of carbonyl (C=O) groups is 1. The quantitative estimate of drug-likeness (QED) is 0.594. The van der Waals surface area contributed by atoms with E-state index in [1.54, 1.807) is 0 Å². The number of benzene rings is 2. The minimum Gasteiger partial charge on any atom is -0.491 e. The van der Waals surface area contributed by atoms with E-state index in [0.717, 1.165) is 59.6 Å². The maximum Gasteiger partial charge on any atom is 0.250 e. The molecule has 0 radical (unpaired) electrons. The number of ether oxygens (including phenoxy) is 1. The summed E-state index contributed by atoms with van der Waals surface area (Å²) >= 11 is 0. The summed E-state index contributed by atoms with van der Waals surface area (Å²) in [5, 5.41) is 0. The van der Waals surface area contributed by atoms with Crippen LogP contribution in [0.25, 0.3) is 11.8 Å². The van der Waals surface area contributed by atoms with Crippen LogP contribution in [0.4, 0.5) is 0 Å². The van der Waals surface area contributed by atoms with Gasteiger partial charge in [0, 0.05) is 24.0 Å². The molecule has 2 aliphatic rings. The molecule has 31 heavy (non-hydrogen) atoms. The van der Waals surface area contributed by atoms with Crippen molar-refractivity contribution in [3.05, 3.63) is 82.9 Å². The zero-order valence-electron chi connectivity index (χ0n) is 18.0. The Balaban J connectivity index is 1.36. The van der Waals surface area contributed by atoms with E-state index in [9.17, 15) is 4.79 Å². The van der Waals surface area contributed by atoms with E-state index >= 15 is 0 Å². The fraction of sp³-hybridized carbons (Fsp3) is 0.308. The Kier molecular flexibility index (Phi) is 5.10. The zero-order chi connectivity index (χ0) is 21.4. The van der Waals surface area contributed by atoms with Crippen LogP contribution in [0.3, 0.4) is 0 Å². The fourth-order valence-electron chi connectivity index (χ4n) is 4.64. The summed E-state index contributed by atoms with van der Waals surface area (Å²) in [6.07, 6.45) is 8.58. The van der Waals surface area contributed by atoms with Crippen molar-refractivity contribution < 1.29 is 9.53 Å². The van der Waals surface area contributed by atoms with Crippen LogP contribution < -0.4 is 4.74 Å². The minimum absolute atomic E-state index is 0.0969. The van der Waals surface area contributed by atoms with Gasteiger partial charge >= 0.3 is 0 Å². The lowest BCUT2D eigenvalue weighted by Gasteiger charge is -2.38. The van der Waals surface area contributed by atoms with Crippen molar-refractivity contribution in [1.82, 2.24) is 14.5 Å². The standard InChI is InChI=1S/C26H27N3O2/c1-18-12-20(9-10-24(18)28-15-19(2)27-17-28)13-22-7-5-11-29(26(22)30)23-14-21-6-3-4-8-25(21)31-16-23/h3-4,6,8-10,12-13,15,17,23H,5,7,11,14,16H2,1-2H3/b22-13+/t23-/m1/s1. The van der Waals surface area contributed by atoms with Gasteiger partial charge < -0.3 is 14.2 Å². The number of aryl methyl sites for hydroxylation is 2. The number of hydrogen-bond acceptors (Lipinski definition) is 3. The molecule has 0 saturated carbocycles. The SMILES string of the molecule is Cc1cn(-c2ccc(/C=C3\CCCN([C@H]4COc5ccccc5C4)C3=O)cc2C)cn1. The maximum absolute atomic E-state index is 13.3. The Bertz CT molecular complexity index is 1160. The van der Waals surface area contributed by atoms with E-state index in [4.69, 9.17) is 4.74 Å². The van der Waals surface area contributed by atoms with E-state index in [2.05, 4.69) is 42.2 Å². The number of rotatable bonds is 3. The smallest absolute Gasteiger partial charge is 0.250 e. The van der Waals surface area contributed by atoms with Gasteiger partial charge in [0.25, 0.3) is 0 Å². The monoisotopic (exact) mass is 413 g/mol. The van der Waals surface area contributed by atoms with Crippen LogP contribution in [0.15, 0.2) is 60.6 Å². The Hall–Kier alpha value is -3.34. The number of para-hydroxylation sites is 1. The number of piperidine rings is 1. The van der Waals surface area contributed by atoms with E-state index in [0.29, 0.717) is 6.61 Å². The van der Waals surface area contributed by atoms with Gasteiger partial charge in [0.15, 0.2) is 0 Å². The molecule has 1 atom stereocenters. The molecular weight excluding hydrogens is 386 g/mol. The van der Waals surface area contributed by atoms with E-state index < -0.39 is 0 Å². The molecule has 0 aliphatic carbocycles. The normalized spacial score (nSPS) is 19.9. The molecule has 1 saturated heterocycles. The molecule has 5 nitrogen and oxygen atoms in total. The molecule has 158 valence electrons. The molecule has 1 amide bonds. The van der Waals surface area contributed by atoms with Gasteiger partial charge in [-0.25, -0.2) is 4.98 Å². The number of carbonyl (C=O) groups excluding carboxylic acids is 1. The van der Waals surface area contributed by atoms with Gasteiger partial charge in [0.1, 0.15) is 12.4 Å². The van der Waals surface area contributed by atoms with Crippen LogP contribution in [0.2, 0.25) is 0 Å². The summed E-state index contributed by atoms with van der Waals surface area (Å²) < 4.78 is 7.98. The van der Waals surface area contributed by atoms with Crippen LogP contribution >= 0.6 is 0 Å².